The number of halogens is 3. The van der Waals surface area contributed by atoms with Gasteiger partial charge in [-0.3, -0.25) is 4.99 Å². The molecule has 0 saturated carbocycles. The quantitative estimate of drug-likeness (QED) is 0.765. The van der Waals surface area contributed by atoms with Crippen LogP contribution in [0.4, 0.5) is 18.0 Å². The van der Waals surface area contributed by atoms with E-state index in [0.717, 1.165) is 4.90 Å². The Labute approximate surface area is 116 Å². The number of aliphatic hydroxyl groups is 1. The first-order valence-electron chi connectivity index (χ1n) is 6.12. The average Bonchev–Trinajstić information content (AvgIpc) is 2.24. The van der Waals surface area contributed by atoms with E-state index in [-0.39, 0.29) is 19.6 Å². The summed E-state index contributed by atoms with van der Waals surface area (Å²) in [4.78, 5) is 16.4. The zero-order valence-electron chi connectivity index (χ0n) is 11.9. The molecule has 0 fully saturated rings. The van der Waals surface area contributed by atoms with Gasteiger partial charge in [0.15, 0.2) is 6.10 Å². The first kappa shape index (κ1) is 18.7. The molecule has 0 aromatic carbocycles. The predicted molar refractivity (Wildman–Crippen MR) is 68.9 cm³/mol. The van der Waals surface area contributed by atoms with Crippen LogP contribution in [0.25, 0.3) is 0 Å². The topological polar surface area (TPSA) is 62.1 Å². The number of aliphatic hydroxyl groups excluding tert-OH is 1. The summed E-state index contributed by atoms with van der Waals surface area (Å²) in [5.74, 6) is 0. The SMILES string of the molecule is C=NCCN(CC[C@@H](O)C(F)(F)F)C(=O)OC(C)(C)C. The van der Waals surface area contributed by atoms with Crippen LogP contribution in [0.2, 0.25) is 0 Å². The third-order valence-corrected chi connectivity index (χ3v) is 2.23. The fourth-order valence-electron chi connectivity index (χ4n) is 1.25. The predicted octanol–water partition coefficient (Wildman–Crippen LogP) is 2.24. The van der Waals surface area contributed by atoms with Crippen molar-refractivity contribution in [2.45, 2.75) is 45.1 Å². The van der Waals surface area contributed by atoms with E-state index in [4.69, 9.17) is 9.84 Å². The molecule has 0 rings (SSSR count). The van der Waals surface area contributed by atoms with Gasteiger partial charge in [-0.1, -0.05) is 0 Å². The second kappa shape index (κ2) is 7.47. The van der Waals surface area contributed by atoms with E-state index < -0.39 is 30.4 Å². The molecule has 0 radical (unpaired) electrons. The van der Waals surface area contributed by atoms with Crippen molar-refractivity contribution in [2.24, 2.45) is 4.99 Å². The Morgan fingerprint density at radius 3 is 2.30 bits per heavy atom. The molecule has 118 valence electrons. The van der Waals surface area contributed by atoms with E-state index in [1.807, 2.05) is 0 Å². The lowest BCUT2D eigenvalue weighted by Gasteiger charge is -2.28. The van der Waals surface area contributed by atoms with Gasteiger partial charge in [0.2, 0.25) is 0 Å². The van der Waals surface area contributed by atoms with Crippen molar-refractivity contribution < 1.29 is 27.8 Å². The van der Waals surface area contributed by atoms with Crippen molar-refractivity contribution in [2.75, 3.05) is 19.6 Å². The minimum absolute atomic E-state index is 0.0863. The smallest absolute Gasteiger partial charge is 0.414 e. The van der Waals surface area contributed by atoms with Gasteiger partial charge in [-0.25, -0.2) is 4.79 Å². The van der Waals surface area contributed by atoms with Crippen molar-refractivity contribution in [3.63, 3.8) is 0 Å². The number of carbonyl (C=O) groups excluding carboxylic acids is 1. The molecule has 0 aliphatic heterocycles. The average molecular weight is 298 g/mol. The number of nitrogens with zero attached hydrogens (tertiary/aromatic N) is 2. The molecule has 1 atom stereocenters. The molecule has 8 heteroatoms. The summed E-state index contributed by atoms with van der Waals surface area (Å²) in [5.41, 5.74) is -0.750. The van der Waals surface area contributed by atoms with E-state index in [1.54, 1.807) is 20.8 Å². The van der Waals surface area contributed by atoms with E-state index >= 15 is 0 Å². The Balaban J connectivity index is 4.56. The number of aliphatic imine (C=N–C) groups is 1. The first-order chi connectivity index (χ1) is 8.97. The molecule has 0 heterocycles. The lowest BCUT2D eigenvalue weighted by atomic mass is 10.2. The van der Waals surface area contributed by atoms with E-state index in [1.165, 1.54) is 0 Å². The Hall–Kier alpha value is -1.31. The maximum Gasteiger partial charge on any atom is 0.414 e. The van der Waals surface area contributed by atoms with Crippen molar-refractivity contribution in [3.8, 4) is 0 Å². The second-order valence-corrected chi connectivity index (χ2v) is 5.26. The maximum absolute atomic E-state index is 12.2. The number of carbonyl (C=O) groups is 1. The van der Waals surface area contributed by atoms with E-state index in [0.29, 0.717) is 0 Å². The molecule has 0 aliphatic rings. The molecule has 0 aliphatic carbocycles. The monoisotopic (exact) mass is 298 g/mol. The van der Waals surface area contributed by atoms with Gasteiger partial charge in [-0.05, 0) is 33.9 Å². The zero-order chi connectivity index (χ0) is 16.0. The van der Waals surface area contributed by atoms with Crippen LogP contribution in [0.15, 0.2) is 4.99 Å². The largest absolute Gasteiger partial charge is 0.444 e. The number of alkyl halides is 3. The molecule has 1 N–H and O–H groups in total. The molecule has 0 bridgehead atoms. The van der Waals surface area contributed by atoms with Crippen LogP contribution in [-0.4, -0.2) is 60.3 Å². The van der Waals surface area contributed by atoms with Crippen molar-refractivity contribution in [1.82, 2.24) is 4.90 Å². The van der Waals surface area contributed by atoms with Gasteiger partial charge in [-0.2, -0.15) is 13.2 Å². The van der Waals surface area contributed by atoms with Gasteiger partial charge < -0.3 is 14.7 Å². The highest BCUT2D eigenvalue weighted by atomic mass is 19.4. The first-order valence-corrected chi connectivity index (χ1v) is 6.12. The standard InChI is InChI=1S/C12H21F3N2O3/c1-11(2,3)20-10(19)17(8-6-16-4)7-5-9(18)12(13,14)15/h9,18H,4-8H2,1-3H3/t9-/m1/s1. The van der Waals surface area contributed by atoms with Gasteiger partial charge in [-0.15, -0.1) is 0 Å². The molecular weight excluding hydrogens is 277 g/mol. The second-order valence-electron chi connectivity index (χ2n) is 5.26. The molecule has 20 heavy (non-hydrogen) atoms. The molecule has 0 saturated heterocycles. The van der Waals surface area contributed by atoms with Crippen LogP contribution >= 0.6 is 0 Å². The van der Waals surface area contributed by atoms with Crippen molar-refractivity contribution in [1.29, 1.82) is 0 Å². The highest BCUT2D eigenvalue weighted by molar-refractivity contribution is 5.68. The van der Waals surface area contributed by atoms with Crippen molar-refractivity contribution >= 4 is 12.8 Å². The summed E-state index contributed by atoms with van der Waals surface area (Å²) in [6, 6.07) is 0. The van der Waals surface area contributed by atoms with Gasteiger partial charge in [0.05, 0.1) is 6.54 Å². The highest BCUT2D eigenvalue weighted by Crippen LogP contribution is 2.22. The number of amides is 1. The summed E-state index contributed by atoms with van der Waals surface area (Å²) in [5, 5.41) is 8.93. The Bertz CT molecular complexity index is 327. The fraction of sp³-hybridized carbons (Fsp3) is 0.833. The molecule has 0 unspecified atom stereocenters. The Kier molecular flexibility index (Phi) is 6.98. The number of ether oxygens (including phenoxy) is 1. The Morgan fingerprint density at radius 1 is 1.35 bits per heavy atom. The third-order valence-electron chi connectivity index (χ3n) is 2.23. The number of rotatable bonds is 6. The molecule has 0 spiro atoms. The lowest BCUT2D eigenvalue weighted by molar-refractivity contribution is -0.206. The lowest BCUT2D eigenvalue weighted by Crippen LogP contribution is -2.41. The third kappa shape index (κ3) is 7.98. The molecular formula is C12H21F3N2O3. The summed E-state index contributed by atoms with van der Waals surface area (Å²) in [6.45, 7) is 8.19. The van der Waals surface area contributed by atoms with Gasteiger partial charge in [0, 0.05) is 13.1 Å². The maximum atomic E-state index is 12.2. The molecule has 5 nitrogen and oxygen atoms in total. The van der Waals surface area contributed by atoms with Gasteiger partial charge in [0.1, 0.15) is 5.60 Å². The molecule has 0 aromatic rings. The summed E-state index contributed by atoms with van der Waals surface area (Å²) in [7, 11) is 0. The number of hydrogen-bond acceptors (Lipinski definition) is 4. The van der Waals surface area contributed by atoms with Crippen LogP contribution in [0, 0.1) is 0 Å². The van der Waals surface area contributed by atoms with Crippen molar-refractivity contribution in [3.05, 3.63) is 0 Å². The molecule has 0 aromatic heterocycles. The van der Waals surface area contributed by atoms with E-state index in [2.05, 4.69) is 11.7 Å². The van der Waals surface area contributed by atoms with Gasteiger partial charge >= 0.3 is 12.3 Å². The summed E-state index contributed by atoms with van der Waals surface area (Å²) in [6.07, 6.45) is -8.52. The summed E-state index contributed by atoms with van der Waals surface area (Å²) < 4.78 is 41.7. The normalized spacial score (nSPS) is 13.8. The zero-order valence-corrected chi connectivity index (χ0v) is 11.9. The minimum Gasteiger partial charge on any atom is -0.444 e. The van der Waals surface area contributed by atoms with Gasteiger partial charge in [0.25, 0.3) is 0 Å². The fourth-order valence-corrected chi connectivity index (χ4v) is 1.25. The molecule has 1 amide bonds. The highest BCUT2D eigenvalue weighted by Gasteiger charge is 2.38. The van der Waals surface area contributed by atoms with E-state index in [9.17, 15) is 18.0 Å². The van der Waals surface area contributed by atoms with Crippen LogP contribution in [0.5, 0.6) is 0 Å². The van der Waals surface area contributed by atoms with Crippen LogP contribution in [0.3, 0.4) is 0 Å². The minimum atomic E-state index is -4.70. The summed E-state index contributed by atoms with van der Waals surface area (Å²) >= 11 is 0. The van der Waals surface area contributed by atoms with Crippen LogP contribution < -0.4 is 0 Å². The van der Waals surface area contributed by atoms with Crippen LogP contribution in [0.1, 0.15) is 27.2 Å². The Morgan fingerprint density at radius 2 is 1.90 bits per heavy atom. The number of hydrogen-bond donors (Lipinski definition) is 1. The van der Waals surface area contributed by atoms with Crippen LogP contribution in [-0.2, 0) is 4.74 Å².